The first-order valence-electron chi connectivity index (χ1n) is 33.3. The second-order valence-electron chi connectivity index (χ2n) is 25.7. The number of anilines is 3. The Kier molecular flexibility index (Phi) is 25.1. The largest absolute Gasteiger partial charge is 0.501 e. The van der Waals surface area contributed by atoms with Crippen molar-refractivity contribution >= 4 is 103 Å². The molecular formula is C71H85ClF3N9O9S3. The van der Waals surface area contributed by atoms with Gasteiger partial charge in [0.1, 0.15) is 10.9 Å². The molecule has 5 N–H and O–H groups in total. The molecule has 0 bridgehead atoms. The number of imide groups is 2. The number of hydrogen-bond donors (Lipinski definition) is 5. The van der Waals surface area contributed by atoms with Crippen LogP contribution in [0.1, 0.15) is 140 Å². The number of unbranched alkanes of at least 4 members (excludes halogenated alkanes) is 7. The Morgan fingerprint density at radius 1 is 0.771 bits per heavy atom. The number of thioether (sulfide) groups is 1. The first kappa shape index (κ1) is 71.8. The minimum atomic E-state index is -5.80. The molecule has 25 heteroatoms. The van der Waals surface area contributed by atoms with Gasteiger partial charge >= 0.3 is 5.51 Å². The van der Waals surface area contributed by atoms with Gasteiger partial charge < -0.3 is 25.6 Å². The molecule has 3 fully saturated rings. The average molecular weight is 1400 g/mol. The third-order valence-electron chi connectivity index (χ3n) is 18.6. The maximum atomic E-state index is 14.3. The van der Waals surface area contributed by atoms with Crippen molar-refractivity contribution in [1.29, 1.82) is 0 Å². The second-order valence-corrected chi connectivity index (χ2v) is 30.0. The maximum Gasteiger partial charge on any atom is 0.501 e. The number of halogens is 4. The van der Waals surface area contributed by atoms with Crippen LogP contribution in [0, 0.1) is 5.41 Å². The molecular weight excluding hydrogens is 1310 g/mol. The van der Waals surface area contributed by atoms with Gasteiger partial charge in [0.2, 0.25) is 17.7 Å². The summed E-state index contributed by atoms with van der Waals surface area (Å²) in [5.41, 5.74) is 0.321. The fraction of sp³-hybridized carbons (Fsp3) is 0.465. The summed E-state index contributed by atoms with van der Waals surface area (Å²) >= 11 is 8.62. The van der Waals surface area contributed by atoms with E-state index in [1.165, 1.54) is 35.0 Å². The van der Waals surface area contributed by atoms with E-state index in [0.29, 0.717) is 67.7 Å². The van der Waals surface area contributed by atoms with Crippen LogP contribution >= 0.6 is 35.3 Å². The van der Waals surface area contributed by atoms with Crippen LogP contribution in [0.3, 0.4) is 0 Å². The third-order valence-corrected chi connectivity index (χ3v) is 22.3. The summed E-state index contributed by atoms with van der Waals surface area (Å²) in [6, 6.07) is 32.3. The lowest BCUT2D eigenvalue weighted by molar-refractivity contribution is -0.136. The molecule has 18 nitrogen and oxygen atoms in total. The molecule has 10 rings (SSSR count). The van der Waals surface area contributed by atoms with Crippen LogP contribution in [-0.4, -0.2) is 161 Å². The number of rotatable bonds is 31. The number of piperazine rings is 1. The molecule has 514 valence electrons. The van der Waals surface area contributed by atoms with Gasteiger partial charge in [-0.25, -0.2) is 8.42 Å². The molecule has 5 aliphatic rings. The molecule has 96 heavy (non-hydrogen) atoms. The highest BCUT2D eigenvalue weighted by atomic mass is 35.5. The van der Waals surface area contributed by atoms with Crippen LogP contribution in [0.4, 0.5) is 30.2 Å². The number of carbonyl (C=O) groups excluding carboxylic acids is 6. The number of allylic oxidation sites excluding steroid dienone is 1. The molecule has 1 aliphatic carbocycles. The highest BCUT2D eigenvalue weighted by Crippen LogP contribution is 2.44. The van der Waals surface area contributed by atoms with Crippen LogP contribution in [0.5, 0.6) is 0 Å². The second kappa shape index (κ2) is 33.6. The van der Waals surface area contributed by atoms with E-state index >= 15 is 0 Å². The van der Waals surface area contributed by atoms with E-state index in [1.807, 2.05) is 54.6 Å². The zero-order valence-electron chi connectivity index (χ0n) is 54.1. The molecule has 0 aromatic heterocycles. The Balaban J connectivity index is 0.648. The number of amides is 6. The summed E-state index contributed by atoms with van der Waals surface area (Å²) in [5.74, 6) is -2.05. The topological polar surface area (TPSA) is 219 Å². The normalized spacial score (nSPS) is 19.3. The number of alkyl halides is 3. The van der Waals surface area contributed by atoms with Crippen LogP contribution < -0.4 is 30.9 Å². The highest BCUT2D eigenvalue weighted by molar-refractivity contribution is 7.99. The molecule has 4 aliphatic heterocycles. The van der Waals surface area contributed by atoms with E-state index in [9.17, 15) is 50.4 Å². The van der Waals surface area contributed by atoms with E-state index in [0.717, 1.165) is 156 Å². The van der Waals surface area contributed by atoms with E-state index in [4.69, 9.17) is 16.3 Å². The molecule has 3 atom stereocenters. The molecule has 4 heterocycles. The van der Waals surface area contributed by atoms with E-state index in [2.05, 4.69) is 59.7 Å². The Hall–Kier alpha value is -6.93. The quantitative estimate of drug-likeness (QED) is 0.0121. The van der Waals surface area contributed by atoms with Crippen molar-refractivity contribution in [3.05, 3.63) is 148 Å². The van der Waals surface area contributed by atoms with Gasteiger partial charge in [-0.1, -0.05) is 99.0 Å². The van der Waals surface area contributed by atoms with Crippen molar-refractivity contribution in [1.82, 2.24) is 30.1 Å². The predicted molar refractivity (Wildman–Crippen MR) is 371 cm³/mol. The number of morpholine rings is 1. The smallest absolute Gasteiger partial charge is 0.384 e. The van der Waals surface area contributed by atoms with Crippen molar-refractivity contribution < 1.29 is 55.1 Å². The SMILES string of the molecule is CC1(CNC(=O)CCCCCCCCCCNc2cccc3c2C(=O)N(C2CCC(=O)NC2=O)C3=O)CCC(c2ccc(Cl)cc2)=C(CN2CCN(c3ccc(C(=O)NSc4ccc(N[C@H](CCN5CCOCC5)CSc5ccccc5)c(S(=O)(=O)C(F)(F)F)c4)cc3)CC2)C1. The Morgan fingerprint density at radius 3 is 2.19 bits per heavy atom. The minimum absolute atomic E-state index is 0.0654. The van der Waals surface area contributed by atoms with Gasteiger partial charge in [-0.05, 0) is 152 Å². The zero-order chi connectivity index (χ0) is 67.8. The number of fused-ring (bicyclic) bond motifs is 1. The van der Waals surface area contributed by atoms with Gasteiger partial charge in [-0.3, -0.25) is 53.5 Å². The number of nitrogens with zero attached hydrogens (tertiary/aromatic N) is 4. The van der Waals surface area contributed by atoms with Gasteiger partial charge in [0.05, 0.1) is 30.0 Å². The number of nitrogens with one attached hydrogen (secondary N) is 5. The average Bonchev–Trinajstić information content (AvgIpc) is 1.59. The summed E-state index contributed by atoms with van der Waals surface area (Å²) in [6.07, 6.45) is 11.8. The van der Waals surface area contributed by atoms with Crippen molar-refractivity contribution in [3.8, 4) is 0 Å². The monoisotopic (exact) mass is 1400 g/mol. The summed E-state index contributed by atoms with van der Waals surface area (Å²) in [5, 5.41) is 12.7. The lowest BCUT2D eigenvalue weighted by Gasteiger charge is -2.41. The van der Waals surface area contributed by atoms with Crippen molar-refractivity contribution in [2.45, 2.75) is 136 Å². The lowest BCUT2D eigenvalue weighted by atomic mass is 9.71. The van der Waals surface area contributed by atoms with E-state index in [-0.39, 0.29) is 51.9 Å². The summed E-state index contributed by atoms with van der Waals surface area (Å²) in [6.45, 7) is 10.6. The molecule has 3 saturated heterocycles. The van der Waals surface area contributed by atoms with Crippen LogP contribution in [0.15, 0.2) is 136 Å². The van der Waals surface area contributed by atoms with Gasteiger partial charge in [0.15, 0.2) is 0 Å². The van der Waals surface area contributed by atoms with Crippen LogP contribution in [-0.2, 0) is 29.0 Å². The standard InChI is InChI=1S/C71H85ClF3N9O9S3/c1-70(48-77-63(85)18-11-6-4-2-3-5-7-12-34-76-60-17-13-16-58-65(60)69(90)84(68(58)89)61-29-30-64(86)79-67(61)88)33-31-57(49-19-23-52(72)24-20-49)51(45-70)46-82-36-38-83(39-37-82)54-25-21-50(22-26-54)66(87)80-95-56-27-28-59(62(44-56)96(91,92)71(73,74)75)78-53(32-35-81-40-42-93-43-41-81)47-94-55-14-9-8-10-15-55/h8-10,13-17,19-28,44,53,61,76,78H,2-7,11-12,18,29-43,45-48H2,1H3,(H,77,85)(H,80,87)(H,79,86,88)/t53-,61?,70?/m1/s1. The Bertz CT molecular complexity index is 3710. The number of piperidine rings is 1. The number of sulfone groups is 1. The third kappa shape index (κ3) is 19.0. The van der Waals surface area contributed by atoms with Crippen LogP contribution in [0.2, 0.25) is 5.02 Å². The first-order chi connectivity index (χ1) is 46.2. The molecule has 6 amide bonds. The molecule has 0 spiro atoms. The Labute approximate surface area is 574 Å². The first-order valence-corrected chi connectivity index (χ1v) is 36.9. The molecule has 5 aromatic carbocycles. The van der Waals surface area contributed by atoms with Crippen molar-refractivity contribution in [3.63, 3.8) is 0 Å². The molecule has 2 unspecified atom stereocenters. The van der Waals surface area contributed by atoms with Crippen molar-refractivity contribution in [2.75, 3.05) is 99.9 Å². The minimum Gasteiger partial charge on any atom is -0.384 e. The van der Waals surface area contributed by atoms with E-state index < -0.39 is 55.8 Å². The lowest BCUT2D eigenvalue weighted by Crippen LogP contribution is -2.54. The molecule has 5 aromatic rings. The van der Waals surface area contributed by atoms with Gasteiger partial charge in [-0.15, -0.1) is 11.8 Å². The fourth-order valence-electron chi connectivity index (χ4n) is 13.1. The van der Waals surface area contributed by atoms with Gasteiger partial charge in [0, 0.05) is 122 Å². The van der Waals surface area contributed by atoms with Gasteiger partial charge in [-0.2, -0.15) is 13.2 Å². The predicted octanol–water partition coefficient (Wildman–Crippen LogP) is 12.3. The van der Waals surface area contributed by atoms with Crippen molar-refractivity contribution in [2.24, 2.45) is 5.41 Å². The highest BCUT2D eigenvalue weighted by Gasteiger charge is 2.49. The number of benzene rings is 5. The van der Waals surface area contributed by atoms with Crippen LogP contribution in [0.25, 0.3) is 5.57 Å². The fourth-order valence-corrected chi connectivity index (χ4v) is 15.9. The molecule has 0 saturated carbocycles. The van der Waals surface area contributed by atoms with Gasteiger partial charge in [0.25, 0.3) is 27.6 Å². The number of hydrogen-bond acceptors (Lipinski definition) is 16. The molecule has 0 radical (unpaired) electrons. The zero-order valence-corrected chi connectivity index (χ0v) is 57.3. The number of ether oxygens (including phenoxy) is 1. The maximum absolute atomic E-state index is 14.3. The Morgan fingerprint density at radius 2 is 1.48 bits per heavy atom. The summed E-state index contributed by atoms with van der Waals surface area (Å²) < 4.78 is 77.4. The summed E-state index contributed by atoms with van der Waals surface area (Å²) in [7, 11) is -5.80. The summed E-state index contributed by atoms with van der Waals surface area (Å²) in [4.78, 5) is 85.7. The van der Waals surface area contributed by atoms with E-state index in [1.54, 1.807) is 30.3 Å². The number of carbonyl (C=O) groups is 6.